The number of carbonyl (C=O) groups excluding carboxylic acids is 1. The van der Waals surface area contributed by atoms with Crippen molar-refractivity contribution in [3.05, 3.63) is 101 Å². The van der Waals surface area contributed by atoms with Crippen molar-refractivity contribution < 1.29 is 19.0 Å². The van der Waals surface area contributed by atoms with Crippen molar-refractivity contribution in [2.45, 2.75) is 51.4 Å². The molecule has 0 saturated heterocycles. The smallest absolute Gasteiger partial charge is 0.315 e. The first kappa shape index (κ1) is 25.8. The van der Waals surface area contributed by atoms with Crippen LogP contribution in [0.25, 0.3) is 0 Å². The second kappa shape index (κ2) is 12.6. The maximum absolute atomic E-state index is 12.4. The fourth-order valence-electron chi connectivity index (χ4n) is 4.42. The van der Waals surface area contributed by atoms with E-state index in [1.54, 1.807) is 12.1 Å². The average molecular weight is 497 g/mol. The number of esters is 1. The summed E-state index contributed by atoms with van der Waals surface area (Å²) in [6.07, 6.45) is 6.09. The number of hydrogen-bond donors (Lipinski definition) is 1. The Morgan fingerprint density at radius 3 is 2.43 bits per heavy atom. The molecule has 3 aromatic rings. The summed E-state index contributed by atoms with van der Waals surface area (Å²) in [5.41, 5.74) is 9.02. The maximum Gasteiger partial charge on any atom is 0.315 e. The van der Waals surface area contributed by atoms with Crippen molar-refractivity contribution in [2.24, 2.45) is 5.73 Å². The predicted molar refractivity (Wildman–Crippen MR) is 142 cm³/mol. The fourth-order valence-corrected chi connectivity index (χ4v) is 4.42. The van der Waals surface area contributed by atoms with Gasteiger partial charge in [0.25, 0.3) is 0 Å². The topological polar surface area (TPSA) is 94.6 Å². The van der Waals surface area contributed by atoms with E-state index < -0.39 is 5.92 Å². The van der Waals surface area contributed by atoms with Crippen LogP contribution in [-0.4, -0.2) is 12.6 Å². The number of fused-ring (bicyclic) bond motifs is 1. The molecule has 0 amide bonds. The first-order chi connectivity index (χ1) is 18.1. The van der Waals surface area contributed by atoms with Crippen LogP contribution in [0.5, 0.6) is 17.2 Å². The third-order valence-corrected chi connectivity index (χ3v) is 6.34. The summed E-state index contributed by atoms with van der Waals surface area (Å²) in [5.74, 6) is 0.877. The molecule has 0 radical (unpaired) electrons. The minimum absolute atomic E-state index is 0.0418. The molecule has 1 aliphatic rings. The lowest BCUT2D eigenvalue weighted by Crippen LogP contribution is -2.21. The number of unbranched alkanes of at least 4 members (excludes halogenated alkanes) is 4. The molecule has 0 saturated carbocycles. The third-order valence-electron chi connectivity index (χ3n) is 6.34. The molecule has 37 heavy (non-hydrogen) atoms. The van der Waals surface area contributed by atoms with Gasteiger partial charge in [-0.05, 0) is 35.7 Å². The highest BCUT2D eigenvalue weighted by Crippen LogP contribution is 2.43. The van der Waals surface area contributed by atoms with E-state index in [0.29, 0.717) is 23.7 Å². The zero-order chi connectivity index (χ0) is 26.0. The Morgan fingerprint density at radius 2 is 1.70 bits per heavy atom. The van der Waals surface area contributed by atoms with Gasteiger partial charge in [0.1, 0.15) is 28.9 Å². The van der Waals surface area contributed by atoms with Gasteiger partial charge in [-0.1, -0.05) is 81.1 Å². The molecule has 0 fully saturated rings. The summed E-state index contributed by atoms with van der Waals surface area (Å²) < 4.78 is 17.2. The molecule has 4 rings (SSSR count). The molecule has 1 unspecified atom stereocenters. The number of ether oxygens (including phenoxy) is 3. The van der Waals surface area contributed by atoms with E-state index in [-0.39, 0.29) is 18.3 Å². The van der Waals surface area contributed by atoms with E-state index in [2.05, 4.69) is 13.0 Å². The summed E-state index contributed by atoms with van der Waals surface area (Å²) in [6.45, 7) is 2.89. The van der Waals surface area contributed by atoms with Crippen LogP contribution in [0.4, 0.5) is 0 Å². The Bertz CT molecular complexity index is 1280. The molecular weight excluding hydrogens is 464 g/mol. The highest BCUT2D eigenvalue weighted by molar-refractivity contribution is 5.75. The summed E-state index contributed by atoms with van der Waals surface area (Å²) in [5, 5.41) is 9.83. The SMILES string of the molecule is CCCCCCCOc1ccc(C2C(C#N)=C(N)Oc3cc(OC(=O)Cc4ccccc4)ccc32)cc1. The lowest BCUT2D eigenvalue weighted by atomic mass is 9.83. The molecule has 0 aromatic heterocycles. The molecule has 0 aliphatic carbocycles. The van der Waals surface area contributed by atoms with Crippen LogP contribution in [0.2, 0.25) is 0 Å². The third kappa shape index (κ3) is 6.71. The average Bonchev–Trinajstić information content (AvgIpc) is 2.90. The van der Waals surface area contributed by atoms with Gasteiger partial charge in [-0.2, -0.15) is 5.26 Å². The van der Waals surface area contributed by atoms with Crippen LogP contribution in [0.1, 0.15) is 61.6 Å². The number of allylic oxidation sites excluding steroid dienone is 1. The molecule has 3 aromatic carbocycles. The van der Waals surface area contributed by atoms with Crippen molar-refractivity contribution in [1.29, 1.82) is 5.26 Å². The van der Waals surface area contributed by atoms with Crippen molar-refractivity contribution in [3.63, 3.8) is 0 Å². The van der Waals surface area contributed by atoms with Crippen molar-refractivity contribution >= 4 is 5.97 Å². The van der Waals surface area contributed by atoms with Gasteiger partial charge in [0.15, 0.2) is 0 Å². The molecule has 6 nitrogen and oxygen atoms in total. The summed E-state index contributed by atoms with van der Waals surface area (Å²) in [7, 11) is 0. The van der Waals surface area contributed by atoms with E-state index in [0.717, 1.165) is 28.9 Å². The van der Waals surface area contributed by atoms with Gasteiger partial charge < -0.3 is 19.9 Å². The quantitative estimate of drug-likeness (QED) is 0.187. The Morgan fingerprint density at radius 1 is 0.973 bits per heavy atom. The summed E-state index contributed by atoms with van der Waals surface area (Å²) >= 11 is 0. The van der Waals surface area contributed by atoms with E-state index >= 15 is 0 Å². The van der Waals surface area contributed by atoms with Crippen molar-refractivity contribution in [3.8, 4) is 23.3 Å². The number of hydrogen-bond acceptors (Lipinski definition) is 6. The van der Waals surface area contributed by atoms with Gasteiger partial charge in [0.05, 0.1) is 18.9 Å². The number of benzene rings is 3. The first-order valence-corrected chi connectivity index (χ1v) is 12.8. The largest absolute Gasteiger partial charge is 0.494 e. The molecule has 1 heterocycles. The van der Waals surface area contributed by atoms with Crippen LogP contribution in [0, 0.1) is 11.3 Å². The molecule has 6 heteroatoms. The normalized spacial score (nSPS) is 14.3. The lowest BCUT2D eigenvalue weighted by molar-refractivity contribution is -0.133. The number of rotatable bonds is 11. The Balaban J connectivity index is 1.47. The minimum atomic E-state index is -0.397. The van der Waals surface area contributed by atoms with Crippen LogP contribution in [-0.2, 0) is 11.2 Å². The lowest BCUT2D eigenvalue weighted by Gasteiger charge is -2.26. The van der Waals surface area contributed by atoms with E-state index in [4.69, 9.17) is 19.9 Å². The first-order valence-electron chi connectivity index (χ1n) is 12.8. The highest BCUT2D eigenvalue weighted by atomic mass is 16.5. The highest BCUT2D eigenvalue weighted by Gasteiger charge is 2.31. The van der Waals surface area contributed by atoms with E-state index in [1.165, 1.54) is 25.7 Å². The summed E-state index contributed by atoms with van der Waals surface area (Å²) in [6, 6.07) is 24.5. The molecular formula is C31H32N2O4. The number of nitriles is 1. The predicted octanol–water partition coefficient (Wildman–Crippen LogP) is 6.40. The van der Waals surface area contributed by atoms with Gasteiger partial charge in [0, 0.05) is 11.6 Å². The van der Waals surface area contributed by atoms with Crippen LogP contribution >= 0.6 is 0 Å². The summed E-state index contributed by atoms with van der Waals surface area (Å²) in [4.78, 5) is 12.4. The zero-order valence-corrected chi connectivity index (χ0v) is 21.1. The van der Waals surface area contributed by atoms with Gasteiger partial charge in [-0.15, -0.1) is 0 Å². The Kier molecular flexibility index (Phi) is 8.83. The Hall–Kier alpha value is -4.24. The van der Waals surface area contributed by atoms with Gasteiger partial charge in [0.2, 0.25) is 5.88 Å². The van der Waals surface area contributed by atoms with Crippen LogP contribution in [0.3, 0.4) is 0 Å². The van der Waals surface area contributed by atoms with Crippen molar-refractivity contribution in [2.75, 3.05) is 6.61 Å². The number of nitrogens with two attached hydrogens (primary N) is 1. The molecule has 0 bridgehead atoms. The number of nitrogens with zero attached hydrogens (tertiary/aromatic N) is 1. The van der Waals surface area contributed by atoms with Crippen LogP contribution in [0.15, 0.2) is 84.3 Å². The second-order valence-corrected chi connectivity index (χ2v) is 9.09. The monoisotopic (exact) mass is 496 g/mol. The van der Waals surface area contributed by atoms with Gasteiger partial charge >= 0.3 is 5.97 Å². The van der Waals surface area contributed by atoms with Crippen LogP contribution < -0.4 is 19.9 Å². The van der Waals surface area contributed by atoms with E-state index in [9.17, 15) is 10.1 Å². The molecule has 0 spiro atoms. The second-order valence-electron chi connectivity index (χ2n) is 9.09. The van der Waals surface area contributed by atoms with Gasteiger partial charge in [-0.25, -0.2) is 0 Å². The molecule has 190 valence electrons. The standard InChI is InChI=1S/C31H32N2O4/c1-2-3-4-5-9-18-35-24-14-12-23(13-15-24)30-26-17-16-25(20-28(26)37-31(33)27(30)21-32)36-29(34)19-22-10-7-6-8-11-22/h6-8,10-17,20,30H,2-5,9,18-19,33H2,1H3. The molecule has 1 atom stereocenters. The Labute approximate surface area is 218 Å². The number of carbonyl (C=O) groups is 1. The molecule has 1 aliphatic heterocycles. The maximum atomic E-state index is 12.4. The molecule has 2 N–H and O–H groups in total. The van der Waals surface area contributed by atoms with Gasteiger partial charge in [-0.3, -0.25) is 4.79 Å². The minimum Gasteiger partial charge on any atom is -0.494 e. The van der Waals surface area contributed by atoms with Crippen molar-refractivity contribution in [1.82, 2.24) is 0 Å². The fraction of sp³-hybridized carbons (Fsp3) is 0.290. The zero-order valence-electron chi connectivity index (χ0n) is 21.1. The van der Waals surface area contributed by atoms with E-state index in [1.807, 2.05) is 60.7 Å².